The molecular weight excluding hydrogens is 372 g/mol. The number of nitrogens with zero attached hydrogens (tertiary/aromatic N) is 1. The van der Waals surface area contributed by atoms with Gasteiger partial charge < -0.3 is 10.4 Å². The molecule has 4 nitrogen and oxygen atoms in total. The van der Waals surface area contributed by atoms with Crippen molar-refractivity contribution in [2.75, 3.05) is 0 Å². The fraction of sp³-hybridized carbons (Fsp3) is 0.692. The molecule has 1 aliphatic heterocycles. The highest BCUT2D eigenvalue weighted by molar-refractivity contribution is 5.79. The van der Waals surface area contributed by atoms with Crippen LogP contribution in [0.1, 0.15) is 78.2 Å². The Bertz CT molecular complexity index is 898. The van der Waals surface area contributed by atoms with Crippen LogP contribution in [0.4, 0.5) is 0 Å². The standard InChI is InChI=1S/C26H36N2O2/c1-23-11-12-25(3)20(15-22(30)28-21-14-18(29)7-9-26(21,25)4)24(23,2)10-8-19(23)17-6-5-13-27-16-17/h5-6,8,13,16,18,20-21,29H,7,9-12,14-15H2,1-4H3,(H,28,30)/t18-,20?,21?,23+,24-,25-,26-/m0/s1. The molecule has 2 heterocycles. The summed E-state index contributed by atoms with van der Waals surface area (Å²) in [6.45, 7) is 9.75. The van der Waals surface area contributed by atoms with Crippen molar-refractivity contribution in [2.24, 2.45) is 27.6 Å². The largest absolute Gasteiger partial charge is 0.393 e. The molecule has 4 aliphatic rings. The van der Waals surface area contributed by atoms with E-state index in [1.165, 1.54) is 11.1 Å². The molecule has 1 saturated heterocycles. The molecule has 3 aliphatic carbocycles. The van der Waals surface area contributed by atoms with Gasteiger partial charge in [-0.1, -0.05) is 39.8 Å². The Kier molecular flexibility index (Phi) is 4.33. The first-order valence-electron chi connectivity index (χ1n) is 11.7. The van der Waals surface area contributed by atoms with Crippen LogP contribution < -0.4 is 5.32 Å². The quantitative estimate of drug-likeness (QED) is 0.706. The maximum Gasteiger partial charge on any atom is 0.220 e. The minimum atomic E-state index is -0.293. The summed E-state index contributed by atoms with van der Waals surface area (Å²) in [6, 6.07) is 4.28. The van der Waals surface area contributed by atoms with E-state index >= 15 is 0 Å². The van der Waals surface area contributed by atoms with E-state index in [4.69, 9.17) is 0 Å². The maximum atomic E-state index is 13.2. The van der Waals surface area contributed by atoms with Gasteiger partial charge in [0.25, 0.3) is 0 Å². The summed E-state index contributed by atoms with van der Waals surface area (Å²) < 4.78 is 0. The minimum absolute atomic E-state index is 0.0183. The third-order valence-electron chi connectivity index (χ3n) is 10.5. The van der Waals surface area contributed by atoms with Gasteiger partial charge in [-0.3, -0.25) is 9.78 Å². The van der Waals surface area contributed by atoms with Crippen molar-refractivity contribution in [3.63, 3.8) is 0 Å². The van der Waals surface area contributed by atoms with E-state index in [1.54, 1.807) is 0 Å². The Morgan fingerprint density at radius 2 is 1.90 bits per heavy atom. The summed E-state index contributed by atoms with van der Waals surface area (Å²) in [4.78, 5) is 17.5. The van der Waals surface area contributed by atoms with Gasteiger partial charge in [-0.05, 0) is 83.3 Å². The minimum Gasteiger partial charge on any atom is -0.393 e. The second-order valence-corrected chi connectivity index (χ2v) is 11.5. The predicted molar refractivity (Wildman–Crippen MR) is 118 cm³/mol. The van der Waals surface area contributed by atoms with Crippen LogP contribution in [0.25, 0.3) is 5.57 Å². The van der Waals surface area contributed by atoms with Crippen LogP contribution in [-0.2, 0) is 4.79 Å². The Morgan fingerprint density at radius 1 is 1.10 bits per heavy atom. The van der Waals surface area contributed by atoms with E-state index in [9.17, 15) is 9.90 Å². The predicted octanol–water partition coefficient (Wildman–Crippen LogP) is 4.74. The summed E-state index contributed by atoms with van der Waals surface area (Å²) in [7, 11) is 0. The van der Waals surface area contributed by atoms with Crippen LogP contribution in [0.3, 0.4) is 0 Å². The lowest BCUT2D eigenvalue weighted by molar-refractivity contribution is -0.154. The highest BCUT2D eigenvalue weighted by atomic mass is 16.3. The number of aliphatic hydroxyl groups excluding tert-OH is 1. The van der Waals surface area contributed by atoms with Gasteiger partial charge in [-0.15, -0.1) is 0 Å². The number of rotatable bonds is 1. The van der Waals surface area contributed by atoms with E-state index in [-0.39, 0.29) is 39.7 Å². The van der Waals surface area contributed by atoms with E-state index in [0.717, 1.165) is 32.1 Å². The number of pyridine rings is 1. The second kappa shape index (κ2) is 6.41. The normalized spacial score (nSPS) is 48.0. The number of hydrogen-bond donors (Lipinski definition) is 2. The molecule has 1 amide bonds. The average molecular weight is 409 g/mol. The van der Waals surface area contributed by atoms with Crippen molar-refractivity contribution >= 4 is 11.5 Å². The molecule has 0 aromatic carbocycles. The molecule has 1 aromatic rings. The Balaban J connectivity index is 1.60. The zero-order valence-corrected chi connectivity index (χ0v) is 18.9. The molecule has 0 spiro atoms. The second-order valence-electron chi connectivity index (χ2n) is 11.5. The van der Waals surface area contributed by atoms with E-state index in [0.29, 0.717) is 18.8 Å². The highest BCUT2D eigenvalue weighted by Crippen LogP contribution is 2.74. The van der Waals surface area contributed by atoms with Gasteiger partial charge in [0.2, 0.25) is 5.91 Å². The number of carbonyl (C=O) groups is 1. The number of nitrogens with one attached hydrogen (secondary N) is 1. The third kappa shape index (κ3) is 2.43. The molecule has 4 heteroatoms. The number of fused-ring (bicyclic) bond motifs is 5. The van der Waals surface area contributed by atoms with Crippen molar-refractivity contribution < 1.29 is 9.90 Å². The summed E-state index contributed by atoms with van der Waals surface area (Å²) in [6.07, 6.45) is 12.4. The third-order valence-corrected chi connectivity index (χ3v) is 10.5. The van der Waals surface area contributed by atoms with Gasteiger partial charge in [-0.2, -0.15) is 0 Å². The monoisotopic (exact) mass is 408 g/mol. The summed E-state index contributed by atoms with van der Waals surface area (Å²) in [5.74, 6) is 0.494. The molecule has 30 heavy (non-hydrogen) atoms. The van der Waals surface area contributed by atoms with E-state index < -0.39 is 0 Å². The van der Waals surface area contributed by atoms with Gasteiger partial charge in [-0.25, -0.2) is 0 Å². The van der Waals surface area contributed by atoms with Gasteiger partial charge in [0.15, 0.2) is 0 Å². The number of allylic oxidation sites excluding steroid dienone is 2. The number of aliphatic hydroxyl groups is 1. The molecule has 3 fully saturated rings. The van der Waals surface area contributed by atoms with Crippen molar-refractivity contribution in [2.45, 2.75) is 84.8 Å². The van der Waals surface area contributed by atoms with Crippen LogP contribution >= 0.6 is 0 Å². The lowest BCUT2D eigenvalue weighted by atomic mass is 9.39. The lowest BCUT2D eigenvalue weighted by Gasteiger charge is -2.65. The number of carbonyl (C=O) groups excluding carboxylic acids is 1. The molecule has 0 bridgehead atoms. The molecule has 7 atom stereocenters. The van der Waals surface area contributed by atoms with E-state index in [1.807, 2.05) is 18.5 Å². The first kappa shape index (κ1) is 20.2. The molecule has 2 saturated carbocycles. The molecule has 2 N–H and O–H groups in total. The number of hydrogen-bond acceptors (Lipinski definition) is 3. The summed E-state index contributed by atoms with van der Waals surface area (Å²) >= 11 is 0. The van der Waals surface area contributed by atoms with Crippen LogP contribution in [0.5, 0.6) is 0 Å². The van der Waals surface area contributed by atoms with Crippen molar-refractivity contribution in [3.8, 4) is 0 Å². The number of aromatic nitrogens is 1. The van der Waals surface area contributed by atoms with Crippen LogP contribution in [0.15, 0.2) is 30.6 Å². The lowest BCUT2D eigenvalue weighted by Crippen LogP contribution is -2.61. The fourth-order valence-electron chi connectivity index (χ4n) is 8.13. The summed E-state index contributed by atoms with van der Waals surface area (Å²) in [5.41, 5.74) is 2.83. The molecular formula is C26H36N2O2. The van der Waals surface area contributed by atoms with Gasteiger partial charge in [0.1, 0.15) is 0 Å². The Hall–Kier alpha value is -1.68. The first-order valence-corrected chi connectivity index (χ1v) is 11.7. The molecule has 2 unspecified atom stereocenters. The smallest absolute Gasteiger partial charge is 0.220 e. The average Bonchev–Trinajstić information content (AvgIpc) is 2.95. The summed E-state index contributed by atoms with van der Waals surface area (Å²) in [5, 5.41) is 13.7. The van der Waals surface area contributed by atoms with Gasteiger partial charge in [0, 0.05) is 24.9 Å². The first-order chi connectivity index (χ1) is 14.1. The number of amides is 1. The molecule has 162 valence electrons. The highest BCUT2D eigenvalue weighted by Gasteiger charge is 2.68. The molecule has 1 aromatic heterocycles. The Labute approximate surface area is 180 Å². The zero-order chi connectivity index (χ0) is 21.4. The zero-order valence-electron chi connectivity index (χ0n) is 18.9. The van der Waals surface area contributed by atoms with Crippen LogP contribution in [-0.4, -0.2) is 28.1 Å². The van der Waals surface area contributed by atoms with Crippen molar-refractivity contribution in [3.05, 3.63) is 36.2 Å². The van der Waals surface area contributed by atoms with E-state index in [2.05, 4.69) is 50.1 Å². The van der Waals surface area contributed by atoms with Gasteiger partial charge >= 0.3 is 0 Å². The molecule has 5 rings (SSSR count). The molecule has 0 radical (unpaired) electrons. The fourth-order valence-corrected chi connectivity index (χ4v) is 8.13. The van der Waals surface area contributed by atoms with Crippen LogP contribution in [0.2, 0.25) is 0 Å². The van der Waals surface area contributed by atoms with Crippen molar-refractivity contribution in [1.29, 1.82) is 0 Å². The Morgan fingerprint density at radius 3 is 2.63 bits per heavy atom. The topological polar surface area (TPSA) is 62.2 Å². The van der Waals surface area contributed by atoms with Crippen molar-refractivity contribution in [1.82, 2.24) is 10.3 Å². The van der Waals surface area contributed by atoms with Crippen LogP contribution in [0, 0.1) is 27.6 Å². The maximum absolute atomic E-state index is 13.2. The SMILES string of the molecule is C[C@]12CC[C@H](O)CC1NC(=O)CC1[C@]2(C)CC[C@]2(C)C(c3cccnc3)=CC[C@@]12C. The van der Waals surface area contributed by atoms with Gasteiger partial charge in [0.05, 0.1) is 6.10 Å².